The summed E-state index contributed by atoms with van der Waals surface area (Å²) < 4.78 is 47.4. The van der Waals surface area contributed by atoms with Crippen molar-refractivity contribution in [1.82, 2.24) is 4.90 Å². The predicted octanol–water partition coefficient (Wildman–Crippen LogP) is 1.17. The van der Waals surface area contributed by atoms with Gasteiger partial charge in [-0.1, -0.05) is 29.8 Å². The third-order valence-electron chi connectivity index (χ3n) is 4.84. The molecule has 0 radical (unpaired) electrons. The fourth-order valence-electron chi connectivity index (χ4n) is 3.53. The standard InChI is InChI=1S/C16H23NO4S2/c1-13-2-4-14(5-3-13)10-17(15-6-8-22(18,19)11-15)16-7-9-23(20,21)12-16/h2-5,15-16H,6-12H2,1H3/t15-,16-/m1/s1. The number of sulfone groups is 2. The molecule has 5 nitrogen and oxygen atoms in total. The number of hydrogen-bond donors (Lipinski definition) is 0. The Morgan fingerprint density at radius 3 is 1.78 bits per heavy atom. The molecule has 2 saturated heterocycles. The zero-order valence-corrected chi connectivity index (χ0v) is 14.9. The molecule has 2 heterocycles. The highest BCUT2D eigenvalue weighted by molar-refractivity contribution is 7.92. The van der Waals surface area contributed by atoms with Gasteiger partial charge in [-0.15, -0.1) is 0 Å². The molecule has 0 amide bonds. The maximum atomic E-state index is 11.8. The van der Waals surface area contributed by atoms with E-state index in [0.717, 1.165) is 5.56 Å². The van der Waals surface area contributed by atoms with E-state index in [1.54, 1.807) is 0 Å². The van der Waals surface area contributed by atoms with Crippen molar-refractivity contribution in [1.29, 1.82) is 0 Å². The van der Waals surface area contributed by atoms with E-state index in [4.69, 9.17) is 0 Å². The molecule has 2 atom stereocenters. The molecular formula is C16H23NO4S2. The first-order valence-corrected chi connectivity index (χ1v) is 11.6. The van der Waals surface area contributed by atoms with Gasteiger partial charge in [0.1, 0.15) is 0 Å². The molecule has 0 N–H and O–H groups in total. The molecule has 0 saturated carbocycles. The van der Waals surface area contributed by atoms with Gasteiger partial charge in [0.2, 0.25) is 0 Å². The van der Waals surface area contributed by atoms with Crippen molar-refractivity contribution in [2.75, 3.05) is 23.0 Å². The van der Waals surface area contributed by atoms with Crippen LogP contribution < -0.4 is 0 Å². The van der Waals surface area contributed by atoms with Crippen LogP contribution in [0.4, 0.5) is 0 Å². The summed E-state index contributed by atoms with van der Waals surface area (Å²) in [4.78, 5) is 2.12. The normalized spacial score (nSPS) is 29.1. The van der Waals surface area contributed by atoms with Crippen LogP contribution >= 0.6 is 0 Å². The Kier molecular flexibility index (Phi) is 4.55. The summed E-state index contributed by atoms with van der Waals surface area (Å²) in [5.41, 5.74) is 2.27. The largest absolute Gasteiger partial charge is 0.291 e. The van der Waals surface area contributed by atoms with Crippen LogP contribution in [0.2, 0.25) is 0 Å². The van der Waals surface area contributed by atoms with Crippen LogP contribution in [0.3, 0.4) is 0 Å². The van der Waals surface area contributed by atoms with Gasteiger partial charge in [-0.25, -0.2) is 16.8 Å². The number of benzene rings is 1. The summed E-state index contributed by atoms with van der Waals surface area (Å²) in [6.45, 7) is 2.63. The second kappa shape index (κ2) is 6.18. The molecule has 2 aliphatic heterocycles. The fraction of sp³-hybridized carbons (Fsp3) is 0.625. The third kappa shape index (κ3) is 4.14. The molecule has 3 rings (SSSR count). The SMILES string of the molecule is Cc1ccc(CN([C@@H]2CCS(=O)(=O)C2)[C@@H]2CCS(=O)(=O)C2)cc1. The highest BCUT2D eigenvalue weighted by Gasteiger charge is 2.39. The Morgan fingerprint density at radius 2 is 1.39 bits per heavy atom. The Labute approximate surface area is 138 Å². The zero-order chi connectivity index (χ0) is 16.7. The van der Waals surface area contributed by atoms with Crippen molar-refractivity contribution < 1.29 is 16.8 Å². The van der Waals surface area contributed by atoms with Crippen molar-refractivity contribution in [2.45, 2.75) is 38.4 Å². The summed E-state index contributed by atoms with van der Waals surface area (Å²) in [6, 6.07) is 8.00. The molecule has 0 spiro atoms. The summed E-state index contributed by atoms with van der Waals surface area (Å²) >= 11 is 0. The highest BCUT2D eigenvalue weighted by atomic mass is 32.2. The maximum Gasteiger partial charge on any atom is 0.151 e. The van der Waals surface area contributed by atoms with Gasteiger partial charge in [-0.2, -0.15) is 0 Å². The number of hydrogen-bond acceptors (Lipinski definition) is 5. The number of rotatable bonds is 4. The van der Waals surface area contributed by atoms with E-state index in [0.29, 0.717) is 19.4 Å². The molecule has 1 aromatic rings. The van der Waals surface area contributed by atoms with Crippen molar-refractivity contribution >= 4 is 19.7 Å². The van der Waals surface area contributed by atoms with E-state index in [2.05, 4.69) is 4.90 Å². The Balaban J connectivity index is 1.83. The first kappa shape index (κ1) is 16.9. The molecule has 128 valence electrons. The predicted molar refractivity (Wildman–Crippen MR) is 90.8 cm³/mol. The Hall–Kier alpha value is -0.920. The number of nitrogens with zero attached hydrogens (tertiary/aromatic N) is 1. The summed E-state index contributed by atoms with van der Waals surface area (Å²) in [5.74, 6) is 0.716. The number of aryl methyl sites for hydroxylation is 1. The zero-order valence-electron chi connectivity index (χ0n) is 13.3. The lowest BCUT2D eigenvalue weighted by Crippen LogP contribution is -2.44. The molecule has 7 heteroatoms. The van der Waals surface area contributed by atoms with E-state index in [-0.39, 0.29) is 35.1 Å². The minimum atomic E-state index is -2.99. The molecule has 0 aromatic heterocycles. The quantitative estimate of drug-likeness (QED) is 0.809. The van der Waals surface area contributed by atoms with E-state index in [1.807, 2.05) is 31.2 Å². The van der Waals surface area contributed by atoms with Crippen molar-refractivity contribution in [3.63, 3.8) is 0 Å². The Morgan fingerprint density at radius 1 is 0.913 bits per heavy atom. The smallest absolute Gasteiger partial charge is 0.151 e. The second-order valence-electron chi connectivity index (χ2n) is 6.77. The first-order chi connectivity index (χ1) is 10.7. The van der Waals surface area contributed by atoms with Crippen LogP contribution in [0.15, 0.2) is 24.3 Å². The fourth-order valence-corrected chi connectivity index (χ4v) is 7.02. The molecule has 2 aliphatic rings. The van der Waals surface area contributed by atoms with Crippen molar-refractivity contribution in [3.05, 3.63) is 35.4 Å². The summed E-state index contributed by atoms with van der Waals surface area (Å²) in [5, 5.41) is 0. The molecule has 0 unspecified atom stereocenters. The molecule has 1 aromatic carbocycles. The van der Waals surface area contributed by atoms with E-state index in [1.165, 1.54) is 5.56 Å². The molecule has 23 heavy (non-hydrogen) atoms. The average Bonchev–Trinajstić information content (AvgIpc) is 3.00. The maximum absolute atomic E-state index is 11.8. The van der Waals surface area contributed by atoms with Gasteiger partial charge in [0.05, 0.1) is 23.0 Å². The minimum absolute atomic E-state index is 0.0698. The summed E-state index contributed by atoms with van der Waals surface area (Å²) in [7, 11) is -5.98. The van der Waals surface area contributed by atoms with Crippen LogP contribution in [0.5, 0.6) is 0 Å². The van der Waals surface area contributed by atoms with Crippen LogP contribution in [-0.4, -0.2) is 56.8 Å². The lowest BCUT2D eigenvalue weighted by atomic mass is 10.1. The minimum Gasteiger partial charge on any atom is -0.291 e. The van der Waals surface area contributed by atoms with Crippen LogP contribution in [0.25, 0.3) is 0 Å². The average molecular weight is 357 g/mol. The van der Waals surface area contributed by atoms with E-state index >= 15 is 0 Å². The monoisotopic (exact) mass is 357 g/mol. The Bertz CT molecular complexity index is 725. The van der Waals surface area contributed by atoms with Gasteiger partial charge < -0.3 is 0 Å². The van der Waals surface area contributed by atoms with Gasteiger partial charge in [-0.3, -0.25) is 4.90 Å². The topological polar surface area (TPSA) is 71.5 Å². The van der Waals surface area contributed by atoms with Gasteiger partial charge in [0.25, 0.3) is 0 Å². The highest BCUT2D eigenvalue weighted by Crippen LogP contribution is 2.27. The van der Waals surface area contributed by atoms with Gasteiger partial charge in [-0.05, 0) is 25.3 Å². The van der Waals surface area contributed by atoms with Crippen LogP contribution in [-0.2, 0) is 26.2 Å². The van der Waals surface area contributed by atoms with E-state index in [9.17, 15) is 16.8 Å². The summed E-state index contributed by atoms with van der Waals surface area (Å²) in [6.07, 6.45) is 1.20. The first-order valence-electron chi connectivity index (χ1n) is 7.96. The lowest BCUT2D eigenvalue weighted by molar-refractivity contribution is 0.150. The molecule has 0 aliphatic carbocycles. The molecule has 0 bridgehead atoms. The van der Waals surface area contributed by atoms with Crippen molar-refractivity contribution in [3.8, 4) is 0 Å². The van der Waals surface area contributed by atoms with Gasteiger partial charge in [0, 0.05) is 18.6 Å². The lowest BCUT2D eigenvalue weighted by Gasteiger charge is -2.33. The van der Waals surface area contributed by atoms with Gasteiger partial charge in [0.15, 0.2) is 19.7 Å². The van der Waals surface area contributed by atoms with Crippen LogP contribution in [0, 0.1) is 6.92 Å². The van der Waals surface area contributed by atoms with Gasteiger partial charge >= 0.3 is 0 Å². The molecule has 2 fully saturated rings. The van der Waals surface area contributed by atoms with Crippen molar-refractivity contribution in [2.24, 2.45) is 0 Å². The molecular weight excluding hydrogens is 334 g/mol. The third-order valence-corrected chi connectivity index (χ3v) is 8.34. The second-order valence-corrected chi connectivity index (χ2v) is 11.2. The van der Waals surface area contributed by atoms with Crippen LogP contribution in [0.1, 0.15) is 24.0 Å². The van der Waals surface area contributed by atoms with E-state index < -0.39 is 19.7 Å².